The van der Waals surface area contributed by atoms with Crippen molar-refractivity contribution in [3.63, 3.8) is 0 Å². The van der Waals surface area contributed by atoms with E-state index in [9.17, 15) is 26.4 Å². The van der Waals surface area contributed by atoms with Crippen LogP contribution in [0.15, 0.2) is 0 Å². The van der Waals surface area contributed by atoms with Crippen LogP contribution in [0, 0.1) is 10.8 Å². The van der Waals surface area contributed by atoms with Gasteiger partial charge in [0.2, 0.25) is 0 Å². The topological polar surface area (TPSA) is 139 Å². The van der Waals surface area contributed by atoms with Gasteiger partial charge >= 0.3 is 11.9 Å². The van der Waals surface area contributed by atoms with E-state index in [4.69, 9.17) is 17.8 Å². The zero-order valence-corrected chi connectivity index (χ0v) is 22.3. The first-order valence-electron chi connectivity index (χ1n) is 11.2. The summed E-state index contributed by atoms with van der Waals surface area (Å²) in [6, 6.07) is 0. The standard InChI is InChI=1S/C21H40O10S2/c1-7-9-12-28-18(22)20(3,4)16-30-32(24,25)14-11-15-33(26,27)31-17-21(5,6)19(23)29-13-10-8-2/h7-17H2,1-6H3. The Hall–Kier alpha value is -1.24. The molecule has 0 rings (SSSR count). The highest BCUT2D eigenvalue weighted by atomic mass is 32.2. The molecule has 0 radical (unpaired) electrons. The Bertz CT molecular complexity index is 746. The smallest absolute Gasteiger partial charge is 0.313 e. The molecule has 0 heterocycles. The summed E-state index contributed by atoms with van der Waals surface area (Å²) in [6.45, 7) is 9.57. The maximum absolute atomic E-state index is 12.1. The number of esters is 2. The molecule has 33 heavy (non-hydrogen) atoms. The lowest BCUT2D eigenvalue weighted by Gasteiger charge is -2.22. The maximum atomic E-state index is 12.1. The summed E-state index contributed by atoms with van der Waals surface area (Å²) in [4.78, 5) is 24.1. The molecule has 0 aromatic carbocycles. The molecule has 12 heteroatoms. The molecule has 0 aromatic heterocycles. The number of rotatable bonds is 18. The summed E-state index contributed by atoms with van der Waals surface area (Å²) in [6.07, 6.45) is 2.84. The molecule has 0 amide bonds. The van der Waals surface area contributed by atoms with Gasteiger partial charge in [-0.05, 0) is 47.0 Å². The third-order valence-electron chi connectivity index (χ3n) is 4.55. The molecule has 0 N–H and O–H groups in total. The molecule has 0 atom stereocenters. The van der Waals surface area contributed by atoms with Crippen LogP contribution < -0.4 is 0 Å². The lowest BCUT2D eigenvalue weighted by molar-refractivity contribution is -0.156. The van der Waals surface area contributed by atoms with E-state index in [0.29, 0.717) is 12.8 Å². The minimum atomic E-state index is -4.07. The van der Waals surface area contributed by atoms with Crippen LogP contribution in [-0.2, 0) is 47.7 Å². The van der Waals surface area contributed by atoms with E-state index >= 15 is 0 Å². The Morgan fingerprint density at radius 1 is 0.636 bits per heavy atom. The summed E-state index contributed by atoms with van der Waals surface area (Å²) in [7, 11) is -8.13. The molecule has 0 aliphatic rings. The number of carbonyl (C=O) groups excluding carboxylic acids is 2. The Balaban J connectivity index is 4.54. The Labute approximate surface area is 198 Å². The van der Waals surface area contributed by atoms with Crippen molar-refractivity contribution in [2.75, 3.05) is 37.9 Å². The van der Waals surface area contributed by atoms with E-state index in [1.165, 1.54) is 27.7 Å². The summed E-state index contributed by atoms with van der Waals surface area (Å²) < 4.78 is 68.4. The first-order chi connectivity index (χ1) is 15.1. The van der Waals surface area contributed by atoms with Crippen molar-refractivity contribution in [3.8, 4) is 0 Å². The predicted molar refractivity (Wildman–Crippen MR) is 123 cm³/mol. The molecule has 196 valence electrons. The van der Waals surface area contributed by atoms with Crippen molar-refractivity contribution >= 4 is 32.2 Å². The van der Waals surface area contributed by atoms with Crippen molar-refractivity contribution in [2.45, 2.75) is 73.6 Å². The molecule has 0 aromatic rings. The van der Waals surface area contributed by atoms with Crippen molar-refractivity contribution < 1.29 is 44.3 Å². The highest BCUT2D eigenvalue weighted by molar-refractivity contribution is 7.87. The molecule has 0 saturated carbocycles. The molecule has 0 unspecified atom stereocenters. The fraction of sp³-hybridized carbons (Fsp3) is 0.905. The van der Waals surface area contributed by atoms with Crippen molar-refractivity contribution in [3.05, 3.63) is 0 Å². The normalized spacial score (nSPS) is 13.0. The van der Waals surface area contributed by atoms with Crippen LogP contribution in [0.5, 0.6) is 0 Å². The van der Waals surface area contributed by atoms with Gasteiger partial charge in [0.25, 0.3) is 20.2 Å². The summed E-state index contributed by atoms with van der Waals surface area (Å²) in [5.41, 5.74) is -2.35. The van der Waals surface area contributed by atoms with E-state index in [2.05, 4.69) is 0 Å². The monoisotopic (exact) mass is 516 g/mol. The van der Waals surface area contributed by atoms with Gasteiger partial charge in [-0.1, -0.05) is 26.7 Å². The fourth-order valence-corrected chi connectivity index (χ4v) is 4.49. The number of carbonyl (C=O) groups is 2. The SMILES string of the molecule is CCCCOC(=O)C(C)(C)COS(=O)(=O)CCCS(=O)(=O)OCC(C)(C)C(=O)OCCCC. The Morgan fingerprint density at radius 3 is 1.27 bits per heavy atom. The number of hydrogen-bond acceptors (Lipinski definition) is 10. The first-order valence-corrected chi connectivity index (χ1v) is 14.3. The third-order valence-corrected chi connectivity index (χ3v) is 7.09. The molecule has 0 aliphatic carbocycles. The Morgan fingerprint density at radius 2 is 0.970 bits per heavy atom. The minimum Gasteiger partial charge on any atom is -0.465 e. The Kier molecular flexibility index (Phi) is 13.7. The number of ether oxygens (including phenoxy) is 2. The molecule has 0 fully saturated rings. The lowest BCUT2D eigenvalue weighted by Crippen LogP contribution is -2.34. The van der Waals surface area contributed by atoms with Crippen molar-refractivity contribution in [1.82, 2.24) is 0 Å². The zero-order chi connectivity index (χ0) is 25.8. The van der Waals surface area contributed by atoms with Crippen LogP contribution in [0.25, 0.3) is 0 Å². The molecular formula is C21H40O10S2. The van der Waals surface area contributed by atoms with E-state index in [-0.39, 0.29) is 19.6 Å². The molecule has 0 spiro atoms. The van der Waals surface area contributed by atoms with Gasteiger partial charge in [-0.25, -0.2) is 0 Å². The van der Waals surface area contributed by atoms with Gasteiger partial charge in [-0.2, -0.15) is 16.8 Å². The van der Waals surface area contributed by atoms with Crippen LogP contribution in [0.4, 0.5) is 0 Å². The van der Waals surface area contributed by atoms with Gasteiger partial charge in [-0.3, -0.25) is 18.0 Å². The summed E-state index contributed by atoms with van der Waals surface area (Å²) >= 11 is 0. The minimum absolute atomic E-state index is 0.247. The summed E-state index contributed by atoms with van der Waals surface area (Å²) in [5, 5.41) is 0. The molecule has 10 nitrogen and oxygen atoms in total. The van der Waals surface area contributed by atoms with Crippen LogP contribution in [0.3, 0.4) is 0 Å². The molecule has 0 saturated heterocycles. The van der Waals surface area contributed by atoms with Crippen molar-refractivity contribution in [1.29, 1.82) is 0 Å². The highest BCUT2D eigenvalue weighted by Crippen LogP contribution is 2.21. The van der Waals surface area contributed by atoms with Gasteiger partial charge in [0.05, 0.1) is 48.8 Å². The quantitative estimate of drug-likeness (QED) is 0.152. The lowest BCUT2D eigenvalue weighted by atomic mass is 9.95. The summed E-state index contributed by atoms with van der Waals surface area (Å²) in [5.74, 6) is -2.28. The van der Waals surface area contributed by atoms with Gasteiger partial charge in [-0.15, -0.1) is 0 Å². The van der Waals surface area contributed by atoms with Crippen LogP contribution in [-0.4, -0.2) is 66.7 Å². The zero-order valence-electron chi connectivity index (χ0n) is 20.7. The fourth-order valence-electron chi connectivity index (χ4n) is 2.13. The largest absolute Gasteiger partial charge is 0.465 e. The highest BCUT2D eigenvalue weighted by Gasteiger charge is 2.33. The second-order valence-corrected chi connectivity index (χ2v) is 12.7. The second-order valence-electron chi connectivity index (χ2n) is 9.15. The third kappa shape index (κ3) is 13.9. The van der Waals surface area contributed by atoms with Gasteiger partial charge in [0.15, 0.2) is 0 Å². The van der Waals surface area contributed by atoms with Crippen LogP contribution >= 0.6 is 0 Å². The van der Waals surface area contributed by atoms with Gasteiger partial charge in [0, 0.05) is 0 Å². The van der Waals surface area contributed by atoms with Gasteiger partial charge < -0.3 is 9.47 Å². The van der Waals surface area contributed by atoms with Crippen molar-refractivity contribution in [2.24, 2.45) is 10.8 Å². The molecule has 0 aliphatic heterocycles. The first kappa shape index (κ1) is 31.8. The van der Waals surface area contributed by atoms with E-state index in [1.54, 1.807) is 0 Å². The number of unbranched alkanes of at least 4 members (excludes halogenated alkanes) is 2. The second kappa shape index (κ2) is 14.2. The predicted octanol–water partition coefficient (Wildman–Crippen LogP) is 2.81. The molecular weight excluding hydrogens is 476 g/mol. The number of hydrogen-bond donors (Lipinski definition) is 0. The average molecular weight is 517 g/mol. The van der Waals surface area contributed by atoms with E-state index in [1.807, 2.05) is 13.8 Å². The maximum Gasteiger partial charge on any atom is 0.313 e. The van der Waals surface area contributed by atoms with Crippen LogP contribution in [0.1, 0.15) is 73.6 Å². The average Bonchev–Trinajstić information content (AvgIpc) is 2.71. The van der Waals surface area contributed by atoms with Gasteiger partial charge in [0.1, 0.15) is 0 Å². The van der Waals surface area contributed by atoms with E-state index in [0.717, 1.165) is 12.8 Å². The molecule has 0 bridgehead atoms. The van der Waals surface area contributed by atoms with E-state index < -0.39 is 67.7 Å². The van der Waals surface area contributed by atoms with Crippen LogP contribution in [0.2, 0.25) is 0 Å².